The van der Waals surface area contributed by atoms with E-state index >= 15 is 0 Å². The smallest absolute Gasteiger partial charge is 0.330 e. The van der Waals surface area contributed by atoms with Gasteiger partial charge in [0.15, 0.2) is 0 Å². The summed E-state index contributed by atoms with van der Waals surface area (Å²) < 4.78 is 0. The third-order valence-corrected chi connectivity index (χ3v) is 6.13. The van der Waals surface area contributed by atoms with Crippen molar-refractivity contribution in [3.63, 3.8) is 0 Å². The number of rotatable bonds is 6. The van der Waals surface area contributed by atoms with Crippen LogP contribution in [0.1, 0.15) is 35.4 Å². The zero-order chi connectivity index (χ0) is 16.8. The van der Waals surface area contributed by atoms with E-state index < -0.39 is 22.9 Å². The third-order valence-electron chi connectivity index (χ3n) is 5.04. The molecule has 7 nitrogen and oxygen atoms in total. The standard InChI is InChI=1S/C15H18N2O5S/c1-16-10-3-2-9(23-10)12(20)17-7-6-15(17,13(21)22)14(4-5-14)8-11(18)19/h2-3,16H,4-8H2,1H3,(H,18,19)(H,21,22)/t15-/m1/s1. The maximum absolute atomic E-state index is 12.7. The minimum atomic E-state index is -1.38. The molecule has 2 fully saturated rings. The molecule has 0 aromatic carbocycles. The molecular formula is C15H18N2O5S. The van der Waals surface area contributed by atoms with Gasteiger partial charge in [-0.05, 0) is 31.4 Å². The summed E-state index contributed by atoms with van der Waals surface area (Å²) in [4.78, 5) is 37.7. The molecule has 2 aliphatic rings. The normalized spacial score (nSPS) is 24.7. The molecule has 0 unspecified atom stereocenters. The number of hydrogen-bond acceptors (Lipinski definition) is 5. The molecule has 1 amide bonds. The SMILES string of the molecule is CNc1ccc(C(=O)N2CC[C@@]2(C(=O)O)C2(CC(=O)O)CC2)s1. The molecule has 3 rings (SSSR count). The van der Waals surface area contributed by atoms with Gasteiger partial charge in [0, 0.05) is 19.0 Å². The highest BCUT2D eigenvalue weighted by atomic mass is 32.1. The van der Waals surface area contributed by atoms with Crippen LogP contribution in [-0.2, 0) is 9.59 Å². The van der Waals surface area contributed by atoms with Crippen LogP contribution >= 0.6 is 11.3 Å². The number of carbonyl (C=O) groups is 3. The van der Waals surface area contributed by atoms with E-state index in [1.165, 1.54) is 16.2 Å². The average Bonchev–Trinajstić information content (AvgIpc) is 3.03. The number of aliphatic carboxylic acids is 2. The molecule has 2 heterocycles. The molecule has 1 aliphatic heterocycles. The van der Waals surface area contributed by atoms with E-state index in [1.807, 2.05) is 0 Å². The van der Waals surface area contributed by atoms with Gasteiger partial charge in [-0.2, -0.15) is 0 Å². The number of carboxylic acid groups (broad SMARTS) is 2. The van der Waals surface area contributed by atoms with Gasteiger partial charge in [0.2, 0.25) is 0 Å². The summed E-state index contributed by atoms with van der Waals surface area (Å²) in [6.45, 7) is 0.347. The average molecular weight is 338 g/mol. The fourth-order valence-corrected chi connectivity index (χ4v) is 4.43. The monoisotopic (exact) mass is 338 g/mol. The van der Waals surface area contributed by atoms with Crippen molar-refractivity contribution in [1.82, 2.24) is 4.90 Å². The largest absolute Gasteiger partial charge is 0.481 e. The van der Waals surface area contributed by atoms with Gasteiger partial charge in [-0.1, -0.05) is 0 Å². The molecule has 1 aromatic heterocycles. The van der Waals surface area contributed by atoms with Crippen molar-refractivity contribution in [2.45, 2.75) is 31.2 Å². The van der Waals surface area contributed by atoms with Crippen molar-refractivity contribution in [3.05, 3.63) is 17.0 Å². The Kier molecular flexibility index (Phi) is 3.59. The van der Waals surface area contributed by atoms with Gasteiger partial charge in [0.25, 0.3) is 5.91 Å². The lowest BCUT2D eigenvalue weighted by atomic mass is 9.69. The first-order valence-corrected chi connectivity index (χ1v) is 8.23. The van der Waals surface area contributed by atoms with Crippen molar-refractivity contribution < 1.29 is 24.6 Å². The van der Waals surface area contributed by atoms with Crippen LogP contribution in [0.5, 0.6) is 0 Å². The summed E-state index contributed by atoms with van der Waals surface area (Å²) >= 11 is 1.26. The Hall–Kier alpha value is -2.09. The van der Waals surface area contributed by atoms with E-state index in [1.54, 1.807) is 19.2 Å². The van der Waals surface area contributed by atoms with E-state index in [0.717, 1.165) is 5.00 Å². The quantitative estimate of drug-likeness (QED) is 0.729. The number of carbonyl (C=O) groups excluding carboxylic acids is 1. The molecular weight excluding hydrogens is 320 g/mol. The summed E-state index contributed by atoms with van der Waals surface area (Å²) in [5.74, 6) is -2.45. The fourth-order valence-electron chi connectivity index (χ4n) is 3.62. The molecule has 124 valence electrons. The van der Waals surface area contributed by atoms with E-state index in [2.05, 4.69) is 5.32 Å². The minimum Gasteiger partial charge on any atom is -0.481 e. The van der Waals surface area contributed by atoms with Crippen LogP contribution in [0.2, 0.25) is 0 Å². The lowest BCUT2D eigenvalue weighted by molar-refractivity contribution is -0.168. The molecule has 0 bridgehead atoms. The molecule has 0 radical (unpaired) electrons. The highest BCUT2D eigenvalue weighted by molar-refractivity contribution is 7.17. The Morgan fingerprint density at radius 1 is 1.26 bits per heavy atom. The molecule has 1 aliphatic carbocycles. The number of carboxylic acids is 2. The number of nitrogens with zero attached hydrogens (tertiary/aromatic N) is 1. The second-order valence-electron chi connectivity index (χ2n) is 6.14. The summed E-state index contributed by atoms with van der Waals surface area (Å²) in [5, 5.41) is 22.7. The predicted molar refractivity (Wildman–Crippen MR) is 83.8 cm³/mol. The Balaban J connectivity index is 1.92. The number of thiophene rings is 1. The molecule has 1 aromatic rings. The Bertz CT molecular complexity index is 681. The summed E-state index contributed by atoms with van der Waals surface area (Å²) in [7, 11) is 1.75. The highest BCUT2D eigenvalue weighted by Crippen LogP contribution is 2.63. The molecule has 1 saturated heterocycles. The lowest BCUT2D eigenvalue weighted by Crippen LogP contribution is -2.71. The Labute approximate surface area is 136 Å². The van der Waals surface area contributed by atoms with Crippen molar-refractivity contribution in [2.75, 3.05) is 18.9 Å². The van der Waals surface area contributed by atoms with Gasteiger partial charge in [-0.15, -0.1) is 11.3 Å². The molecule has 1 atom stereocenters. The summed E-state index contributed by atoms with van der Waals surface area (Å²) in [6.07, 6.45) is 1.16. The molecule has 3 N–H and O–H groups in total. The first-order chi connectivity index (χ1) is 10.9. The van der Waals surface area contributed by atoms with Crippen LogP contribution < -0.4 is 5.32 Å². The van der Waals surface area contributed by atoms with Gasteiger partial charge >= 0.3 is 11.9 Å². The zero-order valence-corrected chi connectivity index (χ0v) is 13.5. The van der Waals surface area contributed by atoms with Gasteiger partial charge < -0.3 is 20.4 Å². The van der Waals surface area contributed by atoms with Crippen LogP contribution in [0, 0.1) is 5.41 Å². The van der Waals surface area contributed by atoms with Crippen molar-refractivity contribution in [1.29, 1.82) is 0 Å². The molecule has 1 saturated carbocycles. The fraction of sp³-hybridized carbons (Fsp3) is 0.533. The van der Waals surface area contributed by atoms with Gasteiger partial charge in [0.05, 0.1) is 16.3 Å². The highest BCUT2D eigenvalue weighted by Gasteiger charge is 2.71. The maximum Gasteiger partial charge on any atom is 0.330 e. The molecule has 23 heavy (non-hydrogen) atoms. The van der Waals surface area contributed by atoms with E-state index in [9.17, 15) is 19.5 Å². The summed E-state index contributed by atoms with van der Waals surface area (Å²) in [5.41, 5.74) is -2.21. The van der Waals surface area contributed by atoms with Crippen LogP contribution in [0.15, 0.2) is 12.1 Å². The van der Waals surface area contributed by atoms with Crippen molar-refractivity contribution in [2.24, 2.45) is 5.41 Å². The van der Waals surface area contributed by atoms with Crippen LogP contribution in [0.4, 0.5) is 5.00 Å². The van der Waals surface area contributed by atoms with Gasteiger partial charge in [-0.25, -0.2) is 4.79 Å². The Morgan fingerprint density at radius 2 is 1.96 bits per heavy atom. The molecule has 8 heteroatoms. The van der Waals surface area contributed by atoms with Crippen molar-refractivity contribution >= 4 is 34.2 Å². The van der Waals surface area contributed by atoms with Crippen molar-refractivity contribution in [3.8, 4) is 0 Å². The van der Waals surface area contributed by atoms with E-state index in [0.29, 0.717) is 30.7 Å². The lowest BCUT2D eigenvalue weighted by Gasteiger charge is -2.54. The number of anilines is 1. The number of likely N-dealkylation sites (tertiary alicyclic amines) is 1. The number of amides is 1. The minimum absolute atomic E-state index is 0.213. The van der Waals surface area contributed by atoms with Crippen LogP contribution in [0.25, 0.3) is 0 Å². The second kappa shape index (κ2) is 5.23. The number of nitrogens with one attached hydrogen (secondary N) is 1. The van der Waals surface area contributed by atoms with Gasteiger partial charge in [-0.3, -0.25) is 9.59 Å². The first-order valence-electron chi connectivity index (χ1n) is 7.41. The van der Waals surface area contributed by atoms with E-state index in [4.69, 9.17) is 5.11 Å². The second-order valence-corrected chi connectivity index (χ2v) is 7.22. The van der Waals surface area contributed by atoms with Gasteiger partial charge in [0.1, 0.15) is 5.54 Å². The van der Waals surface area contributed by atoms with Crippen LogP contribution in [0.3, 0.4) is 0 Å². The topological polar surface area (TPSA) is 107 Å². The number of hydrogen-bond donors (Lipinski definition) is 3. The first kappa shape index (κ1) is 15.8. The zero-order valence-electron chi connectivity index (χ0n) is 12.7. The summed E-state index contributed by atoms with van der Waals surface area (Å²) in [6, 6.07) is 3.44. The Morgan fingerprint density at radius 3 is 2.35 bits per heavy atom. The molecule has 0 spiro atoms. The maximum atomic E-state index is 12.7. The van der Waals surface area contributed by atoms with E-state index in [-0.39, 0.29) is 12.3 Å². The third kappa shape index (κ3) is 2.20. The van der Waals surface area contributed by atoms with Crippen LogP contribution in [-0.4, -0.2) is 52.1 Å². The predicted octanol–water partition coefficient (Wildman–Crippen LogP) is 1.71.